The lowest BCUT2D eigenvalue weighted by Crippen LogP contribution is -2.24. The molecule has 1 amide bonds. The van der Waals surface area contributed by atoms with Gasteiger partial charge in [0.05, 0.1) is 28.9 Å². The molecule has 0 saturated heterocycles. The lowest BCUT2D eigenvalue weighted by molar-refractivity contribution is 0.0947. The Hall–Kier alpha value is -3.99. The summed E-state index contributed by atoms with van der Waals surface area (Å²) in [5.74, 6) is 1.22. The highest BCUT2D eigenvalue weighted by molar-refractivity contribution is 6.03. The summed E-state index contributed by atoms with van der Waals surface area (Å²) in [5.41, 5.74) is 5.11. The van der Waals surface area contributed by atoms with Crippen LogP contribution in [0.3, 0.4) is 0 Å². The van der Waals surface area contributed by atoms with Crippen LogP contribution in [0.4, 0.5) is 0 Å². The minimum absolute atomic E-state index is 0.258. The Labute approximate surface area is 191 Å². The van der Waals surface area contributed by atoms with Gasteiger partial charge in [0.2, 0.25) is 0 Å². The van der Waals surface area contributed by atoms with E-state index in [0.717, 1.165) is 46.4 Å². The second kappa shape index (κ2) is 8.51. The van der Waals surface area contributed by atoms with Gasteiger partial charge in [-0.25, -0.2) is 9.97 Å². The van der Waals surface area contributed by atoms with Crippen molar-refractivity contribution in [3.05, 3.63) is 65.5 Å². The Morgan fingerprint density at radius 3 is 2.76 bits per heavy atom. The average molecular weight is 440 g/mol. The van der Waals surface area contributed by atoms with Gasteiger partial charge in [0.25, 0.3) is 5.91 Å². The highest BCUT2D eigenvalue weighted by Gasteiger charge is 2.25. The van der Waals surface area contributed by atoms with Crippen LogP contribution < -0.4 is 5.32 Å². The summed E-state index contributed by atoms with van der Waals surface area (Å²) in [6.45, 7) is 0.285. The molecule has 1 N–H and O–H groups in total. The van der Waals surface area contributed by atoms with Gasteiger partial charge in [-0.05, 0) is 48.2 Å². The monoisotopic (exact) mass is 439 g/mol. The fourth-order valence-electron chi connectivity index (χ4n) is 4.75. The quantitative estimate of drug-likeness (QED) is 0.509. The van der Waals surface area contributed by atoms with Gasteiger partial charge < -0.3 is 9.88 Å². The molecule has 3 heterocycles. The first kappa shape index (κ1) is 20.9. The number of nitrogens with zero attached hydrogens (tertiary/aromatic N) is 6. The van der Waals surface area contributed by atoms with Crippen molar-refractivity contribution in [2.75, 3.05) is 0 Å². The van der Waals surface area contributed by atoms with Gasteiger partial charge in [0.1, 0.15) is 5.82 Å². The third kappa shape index (κ3) is 3.98. The van der Waals surface area contributed by atoms with Crippen LogP contribution in [0, 0.1) is 11.3 Å². The Bertz CT molecular complexity index is 1390. The number of nitrogens with one attached hydrogen (secondary N) is 1. The number of hydrogen-bond acceptors (Lipinski definition) is 5. The summed E-state index contributed by atoms with van der Waals surface area (Å²) < 4.78 is 3.75. The average Bonchev–Trinajstić information content (AvgIpc) is 3.58. The van der Waals surface area contributed by atoms with E-state index in [1.165, 1.54) is 12.8 Å². The number of aryl methyl sites for hydroxylation is 2. The maximum Gasteiger partial charge on any atom is 0.272 e. The van der Waals surface area contributed by atoms with Gasteiger partial charge in [-0.3, -0.25) is 9.48 Å². The number of imidazole rings is 1. The molecule has 1 aromatic carbocycles. The smallest absolute Gasteiger partial charge is 0.272 e. The topological polar surface area (TPSA) is 101 Å². The van der Waals surface area contributed by atoms with Crippen molar-refractivity contribution in [2.24, 2.45) is 14.1 Å². The number of fused-ring (bicyclic) bond motifs is 1. The van der Waals surface area contributed by atoms with Crippen LogP contribution in [0.2, 0.25) is 0 Å². The third-order valence-corrected chi connectivity index (χ3v) is 6.37. The fourth-order valence-corrected chi connectivity index (χ4v) is 4.75. The molecule has 5 rings (SSSR count). The number of rotatable bonds is 5. The van der Waals surface area contributed by atoms with Crippen molar-refractivity contribution in [3.8, 4) is 17.2 Å². The van der Waals surface area contributed by atoms with E-state index in [4.69, 9.17) is 4.98 Å². The van der Waals surface area contributed by atoms with Gasteiger partial charge >= 0.3 is 0 Å². The van der Waals surface area contributed by atoms with Gasteiger partial charge in [-0.2, -0.15) is 10.4 Å². The van der Waals surface area contributed by atoms with Crippen LogP contribution in [-0.2, 0) is 20.6 Å². The molecule has 166 valence electrons. The zero-order chi connectivity index (χ0) is 22.9. The van der Waals surface area contributed by atoms with E-state index in [1.807, 2.05) is 43.1 Å². The van der Waals surface area contributed by atoms with Crippen LogP contribution in [-0.4, -0.2) is 30.2 Å². The van der Waals surface area contributed by atoms with E-state index in [2.05, 4.69) is 21.5 Å². The molecule has 0 aliphatic heterocycles. The number of amides is 1. The number of benzene rings is 1. The van der Waals surface area contributed by atoms with Gasteiger partial charge in [-0.15, -0.1) is 0 Å². The first-order chi connectivity index (χ1) is 16.0. The lowest BCUT2D eigenvalue weighted by Gasteiger charge is -2.11. The second-order valence-corrected chi connectivity index (χ2v) is 8.65. The summed E-state index contributed by atoms with van der Waals surface area (Å²) >= 11 is 0. The summed E-state index contributed by atoms with van der Waals surface area (Å²) in [4.78, 5) is 22.3. The molecule has 0 bridgehead atoms. The molecular formula is C25H25N7O. The van der Waals surface area contributed by atoms with Gasteiger partial charge in [0, 0.05) is 44.5 Å². The SMILES string of the molecule is Cn1cc(-c2cc(C#N)cc(CNC(=O)c3nccc4nc(C5CCCC5)n(C)c34)c2)cn1. The summed E-state index contributed by atoms with van der Waals surface area (Å²) in [5, 5.41) is 16.6. The highest BCUT2D eigenvalue weighted by Crippen LogP contribution is 2.35. The van der Waals surface area contributed by atoms with Crippen molar-refractivity contribution >= 4 is 16.9 Å². The van der Waals surface area contributed by atoms with Crippen molar-refractivity contribution in [1.29, 1.82) is 5.26 Å². The zero-order valence-corrected chi connectivity index (χ0v) is 18.7. The van der Waals surface area contributed by atoms with Crippen LogP contribution in [0.5, 0.6) is 0 Å². The minimum atomic E-state index is -0.258. The number of nitriles is 1. The molecule has 8 nitrogen and oxygen atoms in total. The molecule has 0 radical (unpaired) electrons. The summed E-state index contributed by atoms with van der Waals surface area (Å²) in [7, 11) is 3.82. The molecule has 1 aliphatic carbocycles. The van der Waals surface area contributed by atoms with E-state index >= 15 is 0 Å². The molecule has 1 saturated carbocycles. The van der Waals surface area contributed by atoms with E-state index in [-0.39, 0.29) is 12.5 Å². The van der Waals surface area contributed by atoms with E-state index in [9.17, 15) is 10.1 Å². The standard InChI is InChI=1S/C25H25N7O/c1-31-15-20(14-29-31)19-10-16(12-26)9-17(11-19)13-28-25(33)22-23-21(7-8-27-22)30-24(32(23)2)18-5-3-4-6-18/h7-11,14-15,18H,3-6,13H2,1-2H3,(H,28,33). The third-order valence-electron chi connectivity index (χ3n) is 6.37. The fraction of sp³-hybridized carbons (Fsp3) is 0.320. The normalized spacial score (nSPS) is 14.0. The Balaban J connectivity index is 1.41. The largest absolute Gasteiger partial charge is 0.347 e. The maximum atomic E-state index is 13.1. The number of hydrogen-bond donors (Lipinski definition) is 1. The molecule has 0 atom stereocenters. The molecular weight excluding hydrogens is 414 g/mol. The molecule has 3 aromatic heterocycles. The Morgan fingerprint density at radius 2 is 2.03 bits per heavy atom. The number of carbonyl (C=O) groups excluding carboxylic acids is 1. The van der Waals surface area contributed by atoms with Crippen LogP contribution in [0.15, 0.2) is 42.9 Å². The minimum Gasteiger partial charge on any atom is -0.347 e. The number of pyridine rings is 1. The van der Waals surface area contributed by atoms with Crippen LogP contribution >= 0.6 is 0 Å². The van der Waals surface area contributed by atoms with E-state index in [0.29, 0.717) is 17.2 Å². The first-order valence-electron chi connectivity index (χ1n) is 11.2. The first-order valence-corrected chi connectivity index (χ1v) is 11.2. The maximum absolute atomic E-state index is 13.1. The number of carbonyl (C=O) groups is 1. The zero-order valence-electron chi connectivity index (χ0n) is 18.7. The molecule has 0 unspecified atom stereocenters. The Morgan fingerprint density at radius 1 is 1.21 bits per heavy atom. The predicted molar refractivity (Wildman–Crippen MR) is 124 cm³/mol. The molecule has 0 spiro atoms. The molecule has 8 heteroatoms. The summed E-state index contributed by atoms with van der Waals surface area (Å²) in [6.07, 6.45) is 10.0. The van der Waals surface area contributed by atoms with E-state index < -0.39 is 0 Å². The number of aromatic nitrogens is 5. The van der Waals surface area contributed by atoms with Crippen LogP contribution in [0.1, 0.15) is 59.0 Å². The van der Waals surface area contributed by atoms with E-state index in [1.54, 1.807) is 23.1 Å². The van der Waals surface area contributed by atoms with Crippen LogP contribution in [0.25, 0.3) is 22.2 Å². The molecule has 33 heavy (non-hydrogen) atoms. The molecule has 1 fully saturated rings. The second-order valence-electron chi connectivity index (χ2n) is 8.65. The Kier molecular flexibility index (Phi) is 5.38. The van der Waals surface area contributed by atoms with Crippen molar-refractivity contribution in [3.63, 3.8) is 0 Å². The van der Waals surface area contributed by atoms with Crippen molar-refractivity contribution in [1.82, 2.24) is 29.6 Å². The predicted octanol–water partition coefficient (Wildman–Crippen LogP) is 3.83. The van der Waals surface area contributed by atoms with Gasteiger partial charge in [-0.1, -0.05) is 12.8 Å². The molecule has 4 aromatic rings. The summed E-state index contributed by atoms with van der Waals surface area (Å²) in [6, 6.07) is 9.64. The van der Waals surface area contributed by atoms with Crippen molar-refractivity contribution in [2.45, 2.75) is 38.1 Å². The van der Waals surface area contributed by atoms with Crippen molar-refractivity contribution < 1.29 is 4.79 Å². The molecule has 1 aliphatic rings. The van der Waals surface area contributed by atoms with Gasteiger partial charge in [0.15, 0.2) is 5.69 Å². The highest BCUT2D eigenvalue weighted by atomic mass is 16.1. The lowest BCUT2D eigenvalue weighted by atomic mass is 10.0.